The van der Waals surface area contributed by atoms with Gasteiger partial charge in [-0.25, -0.2) is 0 Å². The van der Waals surface area contributed by atoms with Crippen LogP contribution in [-0.2, 0) is 10.9 Å². The molecule has 1 aliphatic rings. The summed E-state index contributed by atoms with van der Waals surface area (Å²) in [4.78, 5) is 10.5. The molecule has 0 aliphatic heterocycles. The number of aldehydes is 1. The first kappa shape index (κ1) is 19.5. The lowest BCUT2D eigenvalue weighted by Crippen LogP contribution is -2.21. The van der Waals surface area contributed by atoms with E-state index in [4.69, 9.17) is 4.74 Å². The number of hydrogen-bond acceptors (Lipinski definition) is 2. The minimum atomic E-state index is -3.36. The molecule has 144 valence electrons. The average molecular weight is 372 g/mol. The molecule has 0 N–H and O–H groups in total. The monoisotopic (exact) mass is 372 g/mol. The molecule has 0 aromatic heterocycles. The van der Waals surface area contributed by atoms with Crippen LogP contribution >= 0.6 is 0 Å². The molecule has 0 bridgehead atoms. The second kappa shape index (κ2) is 8.64. The van der Waals surface area contributed by atoms with Crippen molar-refractivity contribution in [2.24, 2.45) is 5.92 Å². The van der Waals surface area contributed by atoms with Gasteiger partial charge in [-0.2, -0.15) is 8.78 Å². The second-order valence-electron chi connectivity index (χ2n) is 7.52. The van der Waals surface area contributed by atoms with Crippen molar-refractivity contribution in [3.05, 3.63) is 65.2 Å². The van der Waals surface area contributed by atoms with Crippen LogP contribution in [0.4, 0.5) is 8.78 Å². The molecular weight excluding hydrogens is 346 g/mol. The molecule has 2 aromatic carbocycles. The lowest BCUT2D eigenvalue weighted by molar-refractivity contribution is -0.185. The Morgan fingerprint density at radius 3 is 2.22 bits per heavy atom. The van der Waals surface area contributed by atoms with Crippen molar-refractivity contribution in [1.82, 2.24) is 0 Å². The standard InChI is InChI=1S/C23H26F2O2/c1-17-4-12-21(13-5-17)23(24,25)27-22-14-10-20(11-15-22)19-8-6-18(7-9-19)3-2-16-26/h4-5,10-16,18-19H,2-3,6-9H2,1H3. The fourth-order valence-corrected chi connectivity index (χ4v) is 3.85. The summed E-state index contributed by atoms with van der Waals surface area (Å²) in [6, 6.07) is 13.2. The lowest BCUT2D eigenvalue weighted by atomic mass is 9.77. The highest BCUT2D eigenvalue weighted by molar-refractivity contribution is 5.49. The summed E-state index contributed by atoms with van der Waals surface area (Å²) in [5.74, 6) is 1.27. The van der Waals surface area contributed by atoms with Gasteiger partial charge in [-0.1, -0.05) is 29.8 Å². The number of hydrogen-bond donors (Lipinski definition) is 0. The van der Waals surface area contributed by atoms with Crippen molar-refractivity contribution in [2.45, 2.75) is 57.5 Å². The van der Waals surface area contributed by atoms with E-state index in [-0.39, 0.29) is 11.3 Å². The first-order chi connectivity index (χ1) is 13.0. The highest BCUT2D eigenvalue weighted by Crippen LogP contribution is 2.38. The van der Waals surface area contributed by atoms with E-state index in [1.807, 2.05) is 19.1 Å². The minimum Gasteiger partial charge on any atom is -0.429 e. The molecule has 0 radical (unpaired) electrons. The Morgan fingerprint density at radius 2 is 1.63 bits per heavy atom. The topological polar surface area (TPSA) is 26.3 Å². The van der Waals surface area contributed by atoms with Crippen LogP contribution in [-0.4, -0.2) is 6.29 Å². The van der Waals surface area contributed by atoms with Gasteiger partial charge in [0.15, 0.2) is 0 Å². The van der Waals surface area contributed by atoms with E-state index in [1.54, 1.807) is 24.3 Å². The number of ether oxygens (including phenoxy) is 1. The molecule has 3 rings (SSSR count). The third kappa shape index (κ3) is 5.15. The summed E-state index contributed by atoms with van der Waals surface area (Å²) in [6.45, 7) is 1.86. The predicted octanol–water partition coefficient (Wildman–Crippen LogP) is 6.38. The Hall–Kier alpha value is -2.23. The molecule has 0 atom stereocenters. The summed E-state index contributed by atoms with van der Waals surface area (Å²) in [7, 11) is 0. The van der Waals surface area contributed by atoms with E-state index in [2.05, 4.69) is 0 Å². The van der Waals surface area contributed by atoms with Crippen LogP contribution in [0.15, 0.2) is 48.5 Å². The number of rotatable bonds is 7. The molecule has 0 saturated heterocycles. The van der Waals surface area contributed by atoms with Crippen molar-refractivity contribution in [3.8, 4) is 5.75 Å². The molecule has 0 heterocycles. The number of benzene rings is 2. The molecule has 4 heteroatoms. The number of alkyl halides is 2. The molecule has 27 heavy (non-hydrogen) atoms. The predicted molar refractivity (Wildman–Crippen MR) is 102 cm³/mol. The van der Waals surface area contributed by atoms with E-state index in [0.29, 0.717) is 18.3 Å². The van der Waals surface area contributed by atoms with Gasteiger partial charge >= 0.3 is 6.11 Å². The van der Waals surface area contributed by atoms with Crippen molar-refractivity contribution in [2.75, 3.05) is 0 Å². The molecule has 1 fully saturated rings. The summed E-state index contributed by atoms with van der Waals surface area (Å²) >= 11 is 0. The van der Waals surface area contributed by atoms with E-state index in [0.717, 1.165) is 44.0 Å². The van der Waals surface area contributed by atoms with Gasteiger partial charge in [0, 0.05) is 6.42 Å². The zero-order valence-electron chi connectivity index (χ0n) is 15.7. The fourth-order valence-electron chi connectivity index (χ4n) is 3.85. The van der Waals surface area contributed by atoms with Gasteiger partial charge < -0.3 is 9.53 Å². The van der Waals surface area contributed by atoms with E-state index in [1.165, 1.54) is 17.7 Å². The van der Waals surface area contributed by atoms with Crippen LogP contribution in [0.2, 0.25) is 0 Å². The maximum Gasteiger partial charge on any atom is 0.426 e. The van der Waals surface area contributed by atoms with Gasteiger partial charge in [0.25, 0.3) is 0 Å². The van der Waals surface area contributed by atoms with Crippen molar-refractivity contribution in [1.29, 1.82) is 0 Å². The molecule has 0 spiro atoms. The smallest absolute Gasteiger partial charge is 0.426 e. The molecule has 2 aromatic rings. The van der Waals surface area contributed by atoms with E-state index in [9.17, 15) is 13.6 Å². The van der Waals surface area contributed by atoms with Crippen LogP contribution in [0.25, 0.3) is 0 Å². The van der Waals surface area contributed by atoms with Crippen LogP contribution in [0.5, 0.6) is 5.75 Å². The quantitative estimate of drug-likeness (QED) is 0.527. The summed E-state index contributed by atoms with van der Waals surface area (Å²) < 4.78 is 33.6. The van der Waals surface area contributed by atoms with Crippen LogP contribution in [0.3, 0.4) is 0 Å². The Labute approximate surface area is 159 Å². The first-order valence-corrected chi connectivity index (χ1v) is 9.65. The SMILES string of the molecule is Cc1ccc(C(F)(F)Oc2ccc(C3CCC(CCC=O)CC3)cc2)cc1. The van der Waals surface area contributed by atoms with Crippen molar-refractivity contribution < 1.29 is 18.3 Å². The second-order valence-corrected chi connectivity index (χ2v) is 7.52. The first-order valence-electron chi connectivity index (χ1n) is 9.65. The van der Waals surface area contributed by atoms with E-state index < -0.39 is 6.11 Å². The highest BCUT2D eigenvalue weighted by atomic mass is 19.3. The average Bonchev–Trinajstić information content (AvgIpc) is 2.67. The summed E-state index contributed by atoms with van der Waals surface area (Å²) in [5.41, 5.74) is 1.96. The third-order valence-electron chi connectivity index (χ3n) is 5.52. The molecule has 0 unspecified atom stereocenters. The van der Waals surface area contributed by atoms with Crippen LogP contribution < -0.4 is 4.74 Å². The third-order valence-corrected chi connectivity index (χ3v) is 5.52. The summed E-state index contributed by atoms with van der Waals surface area (Å²) in [5, 5.41) is 0. The Kier molecular flexibility index (Phi) is 6.25. The Morgan fingerprint density at radius 1 is 1.00 bits per heavy atom. The summed E-state index contributed by atoms with van der Waals surface area (Å²) in [6.07, 6.45) is 3.70. The normalized spacial score (nSPS) is 20.3. The molecule has 0 amide bonds. The number of halogens is 2. The van der Waals surface area contributed by atoms with Gasteiger partial charge in [0.1, 0.15) is 12.0 Å². The van der Waals surface area contributed by atoms with Crippen molar-refractivity contribution in [3.63, 3.8) is 0 Å². The number of carbonyl (C=O) groups excluding carboxylic acids is 1. The van der Waals surface area contributed by atoms with Gasteiger partial charge in [0.05, 0.1) is 5.56 Å². The van der Waals surface area contributed by atoms with Gasteiger partial charge in [-0.05, 0) is 80.7 Å². The fraction of sp³-hybridized carbons (Fsp3) is 0.435. The Bertz CT molecular complexity index is 730. The zero-order chi connectivity index (χ0) is 19.3. The van der Waals surface area contributed by atoms with Crippen molar-refractivity contribution >= 4 is 6.29 Å². The maximum atomic E-state index is 14.3. The molecule has 2 nitrogen and oxygen atoms in total. The Balaban J connectivity index is 1.59. The van der Waals surface area contributed by atoms with Gasteiger partial charge in [0.2, 0.25) is 0 Å². The van der Waals surface area contributed by atoms with Gasteiger partial charge in [-0.3, -0.25) is 0 Å². The minimum absolute atomic E-state index is 0.147. The lowest BCUT2D eigenvalue weighted by Gasteiger charge is -2.28. The number of aryl methyl sites for hydroxylation is 1. The van der Waals surface area contributed by atoms with Crippen LogP contribution in [0.1, 0.15) is 61.1 Å². The zero-order valence-corrected chi connectivity index (χ0v) is 15.7. The maximum absolute atomic E-state index is 14.3. The van der Waals surface area contributed by atoms with Gasteiger partial charge in [-0.15, -0.1) is 0 Å². The van der Waals surface area contributed by atoms with E-state index >= 15 is 0 Å². The molecule has 1 aliphatic carbocycles. The largest absolute Gasteiger partial charge is 0.429 e. The number of carbonyl (C=O) groups is 1. The van der Waals surface area contributed by atoms with Crippen LogP contribution in [0, 0.1) is 12.8 Å². The molecule has 1 saturated carbocycles. The highest BCUT2D eigenvalue weighted by Gasteiger charge is 2.34. The molecular formula is C23H26F2O2.